The fourth-order valence-electron chi connectivity index (χ4n) is 3.46. The SMILES string of the molecule is Cl.NC1CCCC2CN(S(=O)(=O)c3ccc(Br)c(F)c3)CC12. The van der Waals surface area contributed by atoms with Gasteiger partial charge in [0.1, 0.15) is 5.82 Å². The maximum atomic E-state index is 13.6. The van der Waals surface area contributed by atoms with Crippen molar-refractivity contribution >= 4 is 38.4 Å². The zero-order valence-corrected chi connectivity index (χ0v) is 15.1. The van der Waals surface area contributed by atoms with Crippen LogP contribution in [0.25, 0.3) is 0 Å². The molecule has 22 heavy (non-hydrogen) atoms. The number of nitrogens with two attached hydrogens (primary N) is 1. The van der Waals surface area contributed by atoms with E-state index in [9.17, 15) is 12.8 Å². The number of rotatable bonds is 2. The molecule has 1 heterocycles. The molecule has 2 aliphatic rings. The van der Waals surface area contributed by atoms with E-state index in [1.807, 2.05) is 0 Å². The minimum Gasteiger partial charge on any atom is -0.327 e. The number of halogens is 3. The summed E-state index contributed by atoms with van der Waals surface area (Å²) >= 11 is 3.04. The first-order chi connectivity index (χ1) is 9.89. The molecule has 4 nitrogen and oxygen atoms in total. The molecule has 124 valence electrons. The third-order valence-electron chi connectivity index (χ3n) is 4.65. The minimum atomic E-state index is -3.64. The molecule has 1 aromatic carbocycles. The third-order valence-corrected chi connectivity index (χ3v) is 7.12. The first-order valence-electron chi connectivity index (χ1n) is 7.10. The number of nitrogens with zero attached hydrogens (tertiary/aromatic N) is 1. The van der Waals surface area contributed by atoms with Gasteiger partial charge in [0, 0.05) is 19.1 Å². The molecule has 2 fully saturated rings. The first-order valence-corrected chi connectivity index (χ1v) is 9.33. The molecule has 0 spiro atoms. The van der Waals surface area contributed by atoms with Crippen molar-refractivity contribution in [3.05, 3.63) is 28.5 Å². The Morgan fingerprint density at radius 1 is 1.27 bits per heavy atom. The van der Waals surface area contributed by atoms with Gasteiger partial charge in [-0.05, 0) is 58.8 Å². The monoisotopic (exact) mass is 412 g/mol. The van der Waals surface area contributed by atoms with Gasteiger partial charge >= 0.3 is 0 Å². The second kappa shape index (κ2) is 6.73. The molecule has 0 aromatic heterocycles. The molecule has 3 atom stereocenters. The summed E-state index contributed by atoms with van der Waals surface area (Å²) in [5.74, 6) is 0.00188. The van der Waals surface area contributed by atoms with Crippen molar-refractivity contribution in [3.8, 4) is 0 Å². The van der Waals surface area contributed by atoms with Gasteiger partial charge in [0.15, 0.2) is 0 Å². The van der Waals surface area contributed by atoms with Crippen LogP contribution in [0.15, 0.2) is 27.6 Å². The van der Waals surface area contributed by atoms with E-state index in [4.69, 9.17) is 5.73 Å². The Hall–Kier alpha value is -0.210. The normalized spacial score (nSPS) is 29.0. The molecule has 1 aliphatic carbocycles. The quantitative estimate of drug-likeness (QED) is 0.811. The van der Waals surface area contributed by atoms with E-state index in [-0.39, 0.29) is 33.7 Å². The Kier molecular flexibility index (Phi) is 5.54. The van der Waals surface area contributed by atoms with E-state index in [0.29, 0.717) is 19.0 Å². The topological polar surface area (TPSA) is 63.4 Å². The fourth-order valence-corrected chi connectivity index (χ4v) is 5.25. The van der Waals surface area contributed by atoms with E-state index in [1.165, 1.54) is 16.4 Å². The van der Waals surface area contributed by atoms with Crippen LogP contribution in [-0.2, 0) is 10.0 Å². The average Bonchev–Trinajstić information content (AvgIpc) is 2.88. The molecule has 3 unspecified atom stereocenters. The number of benzene rings is 1. The van der Waals surface area contributed by atoms with Crippen molar-refractivity contribution in [1.29, 1.82) is 0 Å². The lowest BCUT2D eigenvalue weighted by molar-refractivity contribution is 0.260. The maximum Gasteiger partial charge on any atom is 0.243 e. The average molecular weight is 414 g/mol. The van der Waals surface area contributed by atoms with Crippen LogP contribution in [0.3, 0.4) is 0 Å². The van der Waals surface area contributed by atoms with Crippen LogP contribution < -0.4 is 5.73 Å². The number of sulfonamides is 1. The fraction of sp³-hybridized carbons (Fsp3) is 0.571. The van der Waals surface area contributed by atoms with Crippen LogP contribution in [0.1, 0.15) is 19.3 Å². The number of hydrogen-bond donors (Lipinski definition) is 1. The van der Waals surface area contributed by atoms with Crippen LogP contribution in [-0.4, -0.2) is 31.9 Å². The van der Waals surface area contributed by atoms with Crippen LogP contribution in [0, 0.1) is 17.7 Å². The van der Waals surface area contributed by atoms with Crippen molar-refractivity contribution in [3.63, 3.8) is 0 Å². The maximum absolute atomic E-state index is 13.6. The Morgan fingerprint density at radius 3 is 2.64 bits per heavy atom. The highest BCUT2D eigenvalue weighted by molar-refractivity contribution is 9.10. The zero-order chi connectivity index (χ0) is 15.2. The third kappa shape index (κ3) is 3.19. The summed E-state index contributed by atoms with van der Waals surface area (Å²) in [7, 11) is -3.64. The Balaban J connectivity index is 0.00000176. The molecular weight excluding hydrogens is 395 g/mol. The zero-order valence-electron chi connectivity index (χ0n) is 11.9. The van der Waals surface area contributed by atoms with Crippen LogP contribution >= 0.6 is 28.3 Å². The van der Waals surface area contributed by atoms with Crippen LogP contribution in [0.5, 0.6) is 0 Å². The largest absolute Gasteiger partial charge is 0.327 e. The predicted octanol–water partition coefficient (Wildman–Crippen LogP) is 2.76. The highest BCUT2D eigenvalue weighted by atomic mass is 79.9. The summed E-state index contributed by atoms with van der Waals surface area (Å²) in [4.78, 5) is 0.00965. The first kappa shape index (κ1) is 18.1. The van der Waals surface area contributed by atoms with E-state index in [1.54, 1.807) is 0 Å². The van der Waals surface area contributed by atoms with Crippen molar-refractivity contribution in [1.82, 2.24) is 4.31 Å². The summed E-state index contributed by atoms with van der Waals surface area (Å²) in [6, 6.07) is 4.01. The summed E-state index contributed by atoms with van der Waals surface area (Å²) in [6.45, 7) is 0.949. The lowest BCUT2D eigenvalue weighted by atomic mass is 9.78. The van der Waals surface area contributed by atoms with Crippen molar-refractivity contribution < 1.29 is 12.8 Å². The van der Waals surface area contributed by atoms with Gasteiger partial charge in [-0.1, -0.05) is 6.42 Å². The highest BCUT2D eigenvalue weighted by Gasteiger charge is 2.43. The van der Waals surface area contributed by atoms with Gasteiger partial charge in [0.05, 0.1) is 9.37 Å². The number of hydrogen-bond acceptors (Lipinski definition) is 3. The molecule has 1 saturated carbocycles. The van der Waals surface area contributed by atoms with Crippen LogP contribution in [0.4, 0.5) is 4.39 Å². The van der Waals surface area contributed by atoms with Gasteiger partial charge in [0.2, 0.25) is 10.0 Å². The molecule has 2 N–H and O–H groups in total. The van der Waals surface area contributed by atoms with Gasteiger partial charge in [-0.15, -0.1) is 12.4 Å². The van der Waals surface area contributed by atoms with Crippen molar-refractivity contribution in [2.24, 2.45) is 17.6 Å². The lowest BCUT2D eigenvalue weighted by Crippen LogP contribution is -2.38. The molecule has 0 radical (unpaired) electrons. The predicted molar refractivity (Wildman–Crippen MR) is 88.9 cm³/mol. The Bertz CT molecular complexity index is 658. The Morgan fingerprint density at radius 2 is 2.00 bits per heavy atom. The van der Waals surface area contributed by atoms with Crippen LogP contribution in [0.2, 0.25) is 0 Å². The highest BCUT2D eigenvalue weighted by Crippen LogP contribution is 2.38. The molecule has 0 amide bonds. The smallest absolute Gasteiger partial charge is 0.243 e. The van der Waals surface area contributed by atoms with Gasteiger partial charge < -0.3 is 5.73 Å². The molecule has 1 aliphatic heterocycles. The molecule has 1 saturated heterocycles. The van der Waals surface area contributed by atoms with E-state index in [2.05, 4.69) is 15.9 Å². The molecule has 3 rings (SSSR count). The van der Waals surface area contributed by atoms with E-state index < -0.39 is 15.8 Å². The summed E-state index contributed by atoms with van der Waals surface area (Å²) in [5.41, 5.74) is 6.12. The molecular formula is C14H19BrClFN2O2S. The van der Waals surface area contributed by atoms with Gasteiger partial charge in [-0.25, -0.2) is 12.8 Å². The van der Waals surface area contributed by atoms with Crippen molar-refractivity contribution in [2.75, 3.05) is 13.1 Å². The summed E-state index contributed by atoms with van der Waals surface area (Å²) in [6.07, 6.45) is 3.05. The second-order valence-corrected chi connectivity index (χ2v) is 8.71. The Labute approximate surface area is 144 Å². The second-order valence-electron chi connectivity index (χ2n) is 5.92. The minimum absolute atomic E-state index is 0. The summed E-state index contributed by atoms with van der Waals surface area (Å²) in [5, 5.41) is 0. The van der Waals surface area contributed by atoms with Gasteiger partial charge in [-0.2, -0.15) is 4.31 Å². The molecule has 8 heteroatoms. The van der Waals surface area contributed by atoms with Gasteiger partial charge in [0.25, 0.3) is 0 Å². The summed E-state index contributed by atoms with van der Waals surface area (Å²) < 4.78 is 40.6. The number of fused-ring (bicyclic) bond motifs is 1. The van der Waals surface area contributed by atoms with E-state index >= 15 is 0 Å². The van der Waals surface area contributed by atoms with Gasteiger partial charge in [-0.3, -0.25) is 0 Å². The van der Waals surface area contributed by atoms with Crippen molar-refractivity contribution in [2.45, 2.75) is 30.2 Å². The standard InChI is InChI=1S/C14H18BrFN2O2S.ClH/c15-12-5-4-10(6-13(12)16)21(19,20)18-7-9-2-1-3-14(17)11(9)8-18;/h4-6,9,11,14H,1-3,7-8,17H2;1H. The van der Waals surface area contributed by atoms with E-state index in [0.717, 1.165) is 25.3 Å². The molecule has 0 bridgehead atoms. The lowest BCUT2D eigenvalue weighted by Gasteiger charge is -2.29. The molecule has 1 aromatic rings.